The van der Waals surface area contributed by atoms with Gasteiger partial charge in [-0.05, 0) is 24.3 Å². The maximum atomic E-state index is 11.8. The lowest BCUT2D eigenvalue weighted by Crippen LogP contribution is -2.11. The van der Waals surface area contributed by atoms with Gasteiger partial charge in [-0.1, -0.05) is 17.7 Å². The van der Waals surface area contributed by atoms with Gasteiger partial charge in [0.15, 0.2) is 0 Å². The highest BCUT2D eigenvalue weighted by Crippen LogP contribution is 2.16. The van der Waals surface area contributed by atoms with E-state index in [4.69, 9.17) is 11.6 Å². The first-order valence-corrected chi connectivity index (χ1v) is 5.24. The Balaban J connectivity index is 2.17. The van der Waals surface area contributed by atoms with Gasteiger partial charge >= 0.3 is 0 Å². The van der Waals surface area contributed by atoms with E-state index in [0.717, 1.165) is 0 Å². The van der Waals surface area contributed by atoms with Crippen molar-refractivity contribution in [2.45, 2.75) is 0 Å². The number of hydrogen-bond donors (Lipinski definition) is 2. The average Bonchev–Trinajstić information content (AvgIpc) is 2.29. The first-order valence-electron chi connectivity index (χ1n) is 4.86. The van der Waals surface area contributed by atoms with Crippen molar-refractivity contribution in [3.05, 3.63) is 53.3 Å². The highest BCUT2D eigenvalue weighted by Gasteiger charge is 2.07. The van der Waals surface area contributed by atoms with E-state index >= 15 is 0 Å². The fourth-order valence-electron chi connectivity index (χ4n) is 1.32. The fourth-order valence-corrected chi connectivity index (χ4v) is 1.51. The lowest BCUT2D eigenvalue weighted by Gasteiger charge is -2.05. The van der Waals surface area contributed by atoms with Crippen LogP contribution < -0.4 is 5.32 Å². The third-order valence-corrected chi connectivity index (χ3v) is 2.30. The van der Waals surface area contributed by atoms with Crippen molar-refractivity contribution in [1.29, 1.82) is 0 Å². The van der Waals surface area contributed by atoms with E-state index in [2.05, 4.69) is 10.3 Å². The number of carbonyl (C=O) groups is 1. The molecule has 1 aromatic carbocycles. The third-order valence-electron chi connectivity index (χ3n) is 2.07. The molecule has 0 unspecified atom stereocenters. The first-order chi connectivity index (χ1) is 8.15. The molecule has 0 atom stereocenters. The summed E-state index contributed by atoms with van der Waals surface area (Å²) in [4.78, 5) is 15.5. The Morgan fingerprint density at radius 3 is 2.82 bits per heavy atom. The second kappa shape index (κ2) is 4.84. The molecule has 1 amide bonds. The molecule has 1 aromatic heterocycles. The number of rotatable bonds is 2. The van der Waals surface area contributed by atoms with Crippen LogP contribution in [0.5, 0.6) is 5.75 Å². The van der Waals surface area contributed by atoms with Gasteiger partial charge in [-0.2, -0.15) is 0 Å². The Hall–Kier alpha value is -2.07. The summed E-state index contributed by atoms with van der Waals surface area (Å²) in [5.74, 6) is -0.403. The number of nitrogens with one attached hydrogen (secondary N) is 1. The normalized spacial score (nSPS) is 9.94. The predicted molar refractivity (Wildman–Crippen MR) is 65.3 cm³/mol. The maximum absolute atomic E-state index is 11.8. The van der Waals surface area contributed by atoms with Crippen molar-refractivity contribution in [2.75, 3.05) is 5.32 Å². The molecule has 2 rings (SSSR count). The molecule has 0 fully saturated rings. The van der Waals surface area contributed by atoms with Crippen molar-refractivity contribution in [2.24, 2.45) is 0 Å². The lowest BCUT2D eigenvalue weighted by molar-refractivity contribution is 0.102. The standard InChI is InChI=1S/C12H9ClN2O2/c13-9-2-1-3-10(5-9)15-12(17)8-4-11(16)7-14-6-8/h1-7,16H,(H,15,17). The van der Waals surface area contributed by atoms with Crippen LogP contribution in [0.25, 0.3) is 0 Å². The summed E-state index contributed by atoms with van der Waals surface area (Å²) in [5, 5.41) is 12.4. The molecular formula is C12H9ClN2O2. The molecule has 17 heavy (non-hydrogen) atoms. The molecule has 0 aliphatic carbocycles. The van der Waals surface area contributed by atoms with Gasteiger partial charge in [-0.15, -0.1) is 0 Å². The predicted octanol–water partition coefficient (Wildman–Crippen LogP) is 2.69. The number of hydrogen-bond acceptors (Lipinski definition) is 3. The SMILES string of the molecule is O=C(Nc1cccc(Cl)c1)c1cncc(O)c1. The Morgan fingerprint density at radius 1 is 1.29 bits per heavy atom. The molecular weight excluding hydrogens is 240 g/mol. The quantitative estimate of drug-likeness (QED) is 0.859. The van der Waals surface area contributed by atoms with E-state index in [9.17, 15) is 9.90 Å². The fraction of sp³-hybridized carbons (Fsp3) is 0. The molecule has 2 N–H and O–H groups in total. The summed E-state index contributed by atoms with van der Waals surface area (Å²) in [7, 11) is 0. The van der Waals surface area contributed by atoms with Crippen molar-refractivity contribution in [3.8, 4) is 5.75 Å². The summed E-state index contributed by atoms with van der Waals surface area (Å²) in [6.45, 7) is 0. The number of anilines is 1. The van der Waals surface area contributed by atoms with Crippen LogP contribution in [0.3, 0.4) is 0 Å². The number of aromatic hydroxyl groups is 1. The Kier molecular flexibility index (Phi) is 3.25. The topological polar surface area (TPSA) is 62.2 Å². The Morgan fingerprint density at radius 2 is 2.12 bits per heavy atom. The van der Waals surface area contributed by atoms with Crippen LogP contribution in [0.2, 0.25) is 5.02 Å². The number of pyridine rings is 1. The van der Waals surface area contributed by atoms with Crippen molar-refractivity contribution < 1.29 is 9.90 Å². The van der Waals surface area contributed by atoms with Crippen LogP contribution in [0, 0.1) is 0 Å². The van der Waals surface area contributed by atoms with Gasteiger partial charge in [0, 0.05) is 16.9 Å². The zero-order valence-corrected chi connectivity index (χ0v) is 9.48. The zero-order chi connectivity index (χ0) is 12.3. The van der Waals surface area contributed by atoms with Gasteiger partial charge in [0.25, 0.3) is 5.91 Å². The molecule has 0 radical (unpaired) electrons. The smallest absolute Gasteiger partial charge is 0.257 e. The monoisotopic (exact) mass is 248 g/mol. The maximum Gasteiger partial charge on any atom is 0.257 e. The van der Waals surface area contributed by atoms with Crippen LogP contribution in [-0.4, -0.2) is 16.0 Å². The molecule has 0 saturated heterocycles. The first kappa shape index (κ1) is 11.4. The number of benzene rings is 1. The molecule has 86 valence electrons. The number of carbonyl (C=O) groups excluding carboxylic acids is 1. The van der Waals surface area contributed by atoms with Crippen LogP contribution >= 0.6 is 11.6 Å². The zero-order valence-electron chi connectivity index (χ0n) is 8.72. The highest BCUT2D eigenvalue weighted by molar-refractivity contribution is 6.30. The number of nitrogens with zero attached hydrogens (tertiary/aromatic N) is 1. The van der Waals surface area contributed by atoms with Gasteiger partial charge in [-0.3, -0.25) is 9.78 Å². The molecule has 4 nitrogen and oxygen atoms in total. The van der Waals surface area contributed by atoms with E-state index in [1.165, 1.54) is 18.5 Å². The summed E-state index contributed by atoms with van der Waals surface area (Å²) in [6, 6.07) is 8.15. The molecule has 2 aromatic rings. The van der Waals surface area contributed by atoms with E-state index in [-0.39, 0.29) is 17.2 Å². The summed E-state index contributed by atoms with van der Waals surface area (Å²) >= 11 is 5.80. The van der Waals surface area contributed by atoms with Gasteiger partial charge in [-0.25, -0.2) is 0 Å². The van der Waals surface area contributed by atoms with Gasteiger partial charge in [0.05, 0.1) is 11.8 Å². The van der Waals surface area contributed by atoms with Gasteiger partial charge < -0.3 is 10.4 Å². The summed E-state index contributed by atoms with van der Waals surface area (Å²) < 4.78 is 0. The van der Waals surface area contributed by atoms with Crippen LogP contribution in [0.4, 0.5) is 5.69 Å². The second-order valence-corrected chi connectivity index (χ2v) is 3.83. The molecule has 1 heterocycles. The number of aromatic nitrogens is 1. The molecule has 0 saturated carbocycles. The van der Waals surface area contributed by atoms with E-state index in [0.29, 0.717) is 10.7 Å². The summed E-state index contributed by atoms with van der Waals surface area (Å²) in [5.41, 5.74) is 0.871. The highest BCUT2D eigenvalue weighted by atomic mass is 35.5. The molecule has 5 heteroatoms. The largest absolute Gasteiger partial charge is 0.506 e. The average molecular weight is 249 g/mol. The minimum Gasteiger partial charge on any atom is -0.506 e. The van der Waals surface area contributed by atoms with Crippen molar-refractivity contribution in [3.63, 3.8) is 0 Å². The Bertz CT molecular complexity index is 558. The van der Waals surface area contributed by atoms with E-state index in [1.54, 1.807) is 24.3 Å². The Labute approximate surface area is 103 Å². The van der Waals surface area contributed by atoms with Crippen LogP contribution in [0.15, 0.2) is 42.7 Å². The number of halogens is 1. The van der Waals surface area contributed by atoms with Crippen molar-refractivity contribution in [1.82, 2.24) is 4.98 Å². The van der Waals surface area contributed by atoms with Crippen LogP contribution in [-0.2, 0) is 0 Å². The lowest BCUT2D eigenvalue weighted by atomic mass is 10.2. The van der Waals surface area contributed by atoms with E-state index < -0.39 is 0 Å². The third kappa shape index (κ3) is 2.95. The molecule has 0 aliphatic rings. The van der Waals surface area contributed by atoms with Gasteiger partial charge in [0.1, 0.15) is 5.75 Å². The summed E-state index contributed by atoms with van der Waals surface area (Å²) in [6.07, 6.45) is 2.63. The van der Waals surface area contributed by atoms with E-state index in [1.807, 2.05) is 0 Å². The molecule has 0 spiro atoms. The van der Waals surface area contributed by atoms with Crippen LogP contribution in [0.1, 0.15) is 10.4 Å². The minimum absolute atomic E-state index is 0.0521. The number of amides is 1. The second-order valence-electron chi connectivity index (χ2n) is 3.40. The minimum atomic E-state index is -0.351. The van der Waals surface area contributed by atoms with Gasteiger partial charge in [0.2, 0.25) is 0 Å². The van der Waals surface area contributed by atoms with Crippen molar-refractivity contribution >= 4 is 23.2 Å². The molecule has 0 aliphatic heterocycles. The molecule has 0 bridgehead atoms.